The Morgan fingerprint density at radius 3 is 2.20 bits per heavy atom. The molecule has 126 valence electrons. The number of carbonyl (C=O) groups is 4. The van der Waals surface area contributed by atoms with Crippen molar-refractivity contribution in [3.8, 4) is 11.1 Å². The molecular formula is C19H15NO5. The quantitative estimate of drug-likeness (QED) is 0.817. The highest BCUT2D eigenvalue weighted by molar-refractivity contribution is 6.53. The Balaban J connectivity index is 1.94. The Morgan fingerprint density at radius 1 is 0.840 bits per heavy atom. The van der Waals surface area contributed by atoms with Gasteiger partial charge in [-0.05, 0) is 18.1 Å². The zero-order chi connectivity index (χ0) is 18.0. The van der Waals surface area contributed by atoms with Crippen LogP contribution in [0.25, 0.3) is 11.1 Å². The van der Waals surface area contributed by atoms with Gasteiger partial charge in [0.1, 0.15) is 0 Å². The van der Waals surface area contributed by atoms with E-state index in [1.165, 1.54) is 0 Å². The minimum Gasteiger partial charge on any atom is -0.481 e. The summed E-state index contributed by atoms with van der Waals surface area (Å²) >= 11 is 0. The molecule has 1 amide bonds. The van der Waals surface area contributed by atoms with E-state index in [0.29, 0.717) is 22.4 Å². The number of nitrogens with one attached hydrogen (secondary N) is 1. The van der Waals surface area contributed by atoms with Crippen LogP contribution in [0.4, 0.5) is 5.69 Å². The number of anilines is 1. The van der Waals surface area contributed by atoms with Gasteiger partial charge in [0.2, 0.25) is 17.5 Å². The van der Waals surface area contributed by atoms with E-state index >= 15 is 0 Å². The van der Waals surface area contributed by atoms with Crippen molar-refractivity contribution < 1.29 is 24.3 Å². The monoisotopic (exact) mass is 337 g/mol. The second kappa shape index (κ2) is 6.68. The van der Waals surface area contributed by atoms with Gasteiger partial charge in [-0.1, -0.05) is 36.4 Å². The normalized spacial score (nSPS) is 12.3. The van der Waals surface area contributed by atoms with E-state index in [4.69, 9.17) is 5.11 Å². The maximum Gasteiger partial charge on any atom is 0.303 e. The molecule has 2 N–H and O–H groups in total. The summed E-state index contributed by atoms with van der Waals surface area (Å²) in [6.07, 6.45) is 0.199. The van der Waals surface area contributed by atoms with Crippen LogP contribution in [0.15, 0.2) is 42.5 Å². The standard InChI is InChI=1S/C19H15NO5/c21-15(9-4-10-16(22)23)20-14-8-3-7-13-17(14)11-5-1-2-6-12(11)18(24)19(13)25/h1-3,5-8H,4,9-10H2,(H,20,21)(H,22,23). The third-order valence-corrected chi connectivity index (χ3v) is 4.02. The first-order valence-corrected chi connectivity index (χ1v) is 7.82. The lowest BCUT2D eigenvalue weighted by molar-refractivity contribution is -0.137. The van der Waals surface area contributed by atoms with E-state index in [-0.39, 0.29) is 30.7 Å². The molecule has 1 aliphatic rings. The highest BCUT2D eigenvalue weighted by Gasteiger charge is 2.31. The van der Waals surface area contributed by atoms with Gasteiger partial charge in [-0.2, -0.15) is 0 Å². The molecule has 3 rings (SSSR count). The molecule has 0 atom stereocenters. The van der Waals surface area contributed by atoms with Gasteiger partial charge < -0.3 is 10.4 Å². The largest absolute Gasteiger partial charge is 0.481 e. The Bertz CT molecular complexity index is 900. The fourth-order valence-electron chi connectivity index (χ4n) is 2.89. The van der Waals surface area contributed by atoms with Gasteiger partial charge in [0.05, 0.1) is 0 Å². The van der Waals surface area contributed by atoms with E-state index in [9.17, 15) is 19.2 Å². The average Bonchev–Trinajstić information content (AvgIpc) is 2.59. The predicted molar refractivity (Wildman–Crippen MR) is 90.7 cm³/mol. The zero-order valence-electron chi connectivity index (χ0n) is 13.2. The topological polar surface area (TPSA) is 101 Å². The van der Waals surface area contributed by atoms with Crippen LogP contribution in [0.3, 0.4) is 0 Å². The molecule has 0 fully saturated rings. The number of Topliss-reactive ketones (excluding diaryl/α,β-unsaturated/α-hetero) is 2. The summed E-state index contributed by atoms with van der Waals surface area (Å²) in [6, 6.07) is 11.6. The summed E-state index contributed by atoms with van der Waals surface area (Å²) < 4.78 is 0. The van der Waals surface area contributed by atoms with Crippen LogP contribution in [0.5, 0.6) is 0 Å². The van der Waals surface area contributed by atoms with Crippen LogP contribution in [-0.2, 0) is 9.59 Å². The molecular weight excluding hydrogens is 322 g/mol. The number of benzene rings is 2. The van der Waals surface area contributed by atoms with Crippen molar-refractivity contribution in [1.82, 2.24) is 0 Å². The molecule has 0 bridgehead atoms. The summed E-state index contributed by atoms with van der Waals surface area (Å²) in [7, 11) is 0. The molecule has 6 nitrogen and oxygen atoms in total. The van der Waals surface area contributed by atoms with E-state index < -0.39 is 17.5 Å². The van der Waals surface area contributed by atoms with Crippen molar-refractivity contribution in [3.05, 3.63) is 53.6 Å². The van der Waals surface area contributed by atoms with Crippen LogP contribution >= 0.6 is 0 Å². The summed E-state index contributed by atoms with van der Waals surface area (Å²) in [5, 5.41) is 11.4. The van der Waals surface area contributed by atoms with Crippen molar-refractivity contribution >= 4 is 29.1 Å². The van der Waals surface area contributed by atoms with E-state index in [0.717, 1.165) is 0 Å². The van der Waals surface area contributed by atoms with Gasteiger partial charge in [0, 0.05) is 35.2 Å². The number of ketones is 2. The molecule has 25 heavy (non-hydrogen) atoms. The molecule has 0 radical (unpaired) electrons. The first-order chi connectivity index (χ1) is 12.0. The van der Waals surface area contributed by atoms with Gasteiger partial charge in [-0.25, -0.2) is 0 Å². The number of amides is 1. The van der Waals surface area contributed by atoms with E-state index in [1.54, 1.807) is 42.5 Å². The number of carboxylic acids is 1. The third-order valence-electron chi connectivity index (χ3n) is 4.02. The number of fused-ring (bicyclic) bond motifs is 3. The van der Waals surface area contributed by atoms with Crippen molar-refractivity contribution in [2.75, 3.05) is 5.32 Å². The Hall–Kier alpha value is -3.28. The molecule has 0 aromatic heterocycles. The number of rotatable bonds is 5. The fourth-order valence-corrected chi connectivity index (χ4v) is 2.89. The number of hydrogen-bond donors (Lipinski definition) is 2. The lowest BCUT2D eigenvalue weighted by atomic mass is 9.83. The van der Waals surface area contributed by atoms with Crippen molar-refractivity contribution in [2.45, 2.75) is 19.3 Å². The smallest absolute Gasteiger partial charge is 0.303 e. The average molecular weight is 337 g/mol. The third kappa shape index (κ3) is 3.19. The molecule has 0 aliphatic heterocycles. The second-order valence-electron chi connectivity index (χ2n) is 5.73. The Labute approximate surface area is 143 Å². The lowest BCUT2D eigenvalue weighted by Gasteiger charge is -2.21. The molecule has 0 saturated carbocycles. The lowest BCUT2D eigenvalue weighted by Crippen LogP contribution is -2.22. The van der Waals surface area contributed by atoms with Crippen LogP contribution < -0.4 is 5.32 Å². The minimum absolute atomic E-state index is 0.0600. The second-order valence-corrected chi connectivity index (χ2v) is 5.73. The molecule has 2 aromatic rings. The van der Waals surface area contributed by atoms with Gasteiger partial charge in [-0.3, -0.25) is 19.2 Å². The molecule has 2 aromatic carbocycles. The highest BCUT2D eigenvalue weighted by atomic mass is 16.4. The van der Waals surface area contributed by atoms with E-state index in [1.807, 2.05) is 0 Å². The fraction of sp³-hybridized carbons (Fsp3) is 0.158. The summed E-state index contributed by atoms with van der Waals surface area (Å²) in [6.45, 7) is 0. The van der Waals surface area contributed by atoms with Gasteiger partial charge in [0.25, 0.3) is 0 Å². The minimum atomic E-state index is -0.956. The maximum absolute atomic E-state index is 12.3. The van der Waals surface area contributed by atoms with Crippen LogP contribution in [0.2, 0.25) is 0 Å². The molecule has 1 aliphatic carbocycles. The Morgan fingerprint density at radius 2 is 1.48 bits per heavy atom. The Kier molecular flexibility index (Phi) is 4.43. The predicted octanol–water partition coefficient (Wildman–Crippen LogP) is 2.93. The van der Waals surface area contributed by atoms with Crippen LogP contribution in [0.1, 0.15) is 40.0 Å². The number of carbonyl (C=O) groups excluding carboxylic acids is 3. The van der Waals surface area contributed by atoms with Gasteiger partial charge in [-0.15, -0.1) is 0 Å². The summed E-state index contributed by atoms with van der Waals surface area (Å²) in [4.78, 5) is 47.2. The number of hydrogen-bond acceptors (Lipinski definition) is 4. The molecule has 0 heterocycles. The van der Waals surface area contributed by atoms with Crippen molar-refractivity contribution in [3.63, 3.8) is 0 Å². The highest BCUT2D eigenvalue weighted by Crippen LogP contribution is 2.38. The molecule has 0 spiro atoms. The molecule has 0 saturated heterocycles. The zero-order valence-corrected chi connectivity index (χ0v) is 13.2. The van der Waals surface area contributed by atoms with Gasteiger partial charge >= 0.3 is 5.97 Å². The van der Waals surface area contributed by atoms with E-state index in [2.05, 4.69) is 5.32 Å². The summed E-state index contributed by atoms with van der Waals surface area (Å²) in [5.74, 6) is -2.46. The van der Waals surface area contributed by atoms with Crippen LogP contribution in [0, 0.1) is 0 Å². The number of carboxylic acid groups (broad SMARTS) is 1. The van der Waals surface area contributed by atoms with Crippen molar-refractivity contribution in [2.24, 2.45) is 0 Å². The molecule has 6 heteroatoms. The SMILES string of the molecule is O=C(O)CCCC(=O)Nc1cccc2c1-c1ccccc1C(=O)C2=O. The maximum atomic E-state index is 12.3. The first kappa shape index (κ1) is 16.6. The summed E-state index contributed by atoms with van der Waals surface area (Å²) in [5.41, 5.74) is 2.13. The first-order valence-electron chi connectivity index (χ1n) is 7.82. The van der Waals surface area contributed by atoms with Gasteiger partial charge in [0.15, 0.2) is 0 Å². The number of aliphatic carboxylic acids is 1. The van der Waals surface area contributed by atoms with Crippen molar-refractivity contribution in [1.29, 1.82) is 0 Å². The van der Waals surface area contributed by atoms with Crippen LogP contribution in [-0.4, -0.2) is 28.5 Å². The molecule has 0 unspecified atom stereocenters.